The van der Waals surface area contributed by atoms with E-state index in [4.69, 9.17) is 9.57 Å². The summed E-state index contributed by atoms with van der Waals surface area (Å²) in [7, 11) is 0. The van der Waals surface area contributed by atoms with Crippen LogP contribution in [-0.2, 0) is 14.4 Å². The highest BCUT2D eigenvalue weighted by molar-refractivity contribution is 9.10. The molecule has 4 nitrogen and oxygen atoms in total. The SMILES string of the molecule is CC(Br)C(=O)OCC(ON1C(C)(C)CCCC1(C)C)c1ccccc1. The van der Waals surface area contributed by atoms with Crippen molar-refractivity contribution >= 4 is 21.9 Å². The number of piperidine rings is 1. The predicted octanol–water partition coefficient (Wildman–Crippen LogP) is 5.03. The fourth-order valence-corrected chi connectivity index (χ4v) is 3.65. The molecule has 0 radical (unpaired) electrons. The van der Waals surface area contributed by atoms with E-state index in [0.29, 0.717) is 0 Å². The number of rotatable bonds is 6. The van der Waals surface area contributed by atoms with Crippen molar-refractivity contribution in [3.05, 3.63) is 35.9 Å². The zero-order valence-electron chi connectivity index (χ0n) is 15.9. The number of hydroxylamine groups is 2. The smallest absolute Gasteiger partial charge is 0.319 e. The van der Waals surface area contributed by atoms with E-state index < -0.39 is 0 Å². The molecule has 5 heteroatoms. The number of carbonyl (C=O) groups excluding carboxylic acids is 1. The molecule has 2 unspecified atom stereocenters. The van der Waals surface area contributed by atoms with Gasteiger partial charge in [-0.15, -0.1) is 0 Å². The molecular formula is C20H30BrNO3. The first-order valence-electron chi connectivity index (χ1n) is 8.96. The van der Waals surface area contributed by atoms with Crippen LogP contribution in [0.15, 0.2) is 30.3 Å². The van der Waals surface area contributed by atoms with Crippen molar-refractivity contribution in [3.8, 4) is 0 Å². The monoisotopic (exact) mass is 411 g/mol. The molecular weight excluding hydrogens is 382 g/mol. The molecule has 0 spiro atoms. The number of ether oxygens (including phenoxy) is 1. The first-order valence-corrected chi connectivity index (χ1v) is 9.88. The van der Waals surface area contributed by atoms with Gasteiger partial charge in [-0.1, -0.05) is 46.3 Å². The summed E-state index contributed by atoms with van der Waals surface area (Å²) in [5.74, 6) is -0.276. The fourth-order valence-electron chi connectivity index (χ4n) is 3.52. The van der Waals surface area contributed by atoms with Crippen LogP contribution in [0.4, 0.5) is 0 Å². The van der Waals surface area contributed by atoms with Crippen molar-refractivity contribution in [2.45, 2.75) is 75.9 Å². The molecule has 25 heavy (non-hydrogen) atoms. The van der Waals surface area contributed by atoms with Gasteiger partial charge in [0.15, 0.2) is 0 Å². The van der Waals surface area contributed by atoms with Gasteiger partial charge in [0.05, 0.1) is 0 Å². The van der Waals surface area contributed by atoms with Crippen molar-refractivity contribution in [2.75, 3.05) is 6.61 Å². The maximum absolute atomic E-state index is 11.9. The van der Waals surface area contributed by atoms with Crippen molar-refractivity contribution < 1.29 is 14.4 Å². The molecule has 0 aromatic heterocycles. The predicted molar refractivity (Wildman–Crippen MR) is 103 cm³/mol. The Balaban J connectivity index is 2.21. The van der Waals surface area contributed by atoms with E-state index >= 15 is 0 Å². The molecule has 1 saturated heterocycles. The average Bonchev–Trinajstić information content (AvgIpc) is 2.53. The Hall–Kier alpha value is -0.910. The summed E-state index contributed by atoms with van der Waals surface area (Å²) >= 11 is 3.26. The van der Waals surface area contributed by atoms with Gasteiger partial charge < -0.3 is 4.74 Å². The lowest BCUT2D eigenvalue weighted by atomic mass is 9.82. The molecule has 2 rings (SSSR count). The molecule has 1 aromatic carbocycles. The van der Waals surface area contributed by atoms with Crippen LogP contribution in [0.3, 0.4) is 0 Å². The highest BCUT2D eigenvalue weighted by Crippen LogP contribution is 2.40. The van der Waals surface area contributed by atoms with Crippen LogP contribution in [0.1, 0.15) is 65.5 Å². The van der Waals surface area contributed by atoms with Crippen LogP contribution < -0.4 is 0 Å². The number of nitrogens with zero attached hydrogens (tertiary/aromatic N) is 1. The van der Waals surface area contributed by atoms with Gasteiger partial charge in [0.2, 0.25) is 0 Å². The van der Waals surface area contributed by atoms with Crippen LogP contribution >= 0.6 is 15.9 Å². The van der Waals surface area contributed by atoms with Crippen molar-refractivity contribution in [1.82, 2.24) is 5.06 Å². The summed E-state index contributed by atoms with van der Waals surface area (Å²) in [4.78, 5) is 18.0. The minimum Gasteiger partial charge on any atom is -0.462 e. The van der Waals surface area contributed by atoms with Gasteiger partial charge in [-0.05, 0) is 59.4 Å². The van der Waals surface area contributed by atoms with Crippen LogP contribution in [0.2, 0.25) is 0 Å². The fraction of sp³-hybridized carbons (Fsp3) is 0.650. The largest absolute Gasteiger partial charge is 0.462 e. The maximum Gasteiger partial charge on any atom is 0.319 e. The van der Waals surface area contributed by atoms with E-state index in [1.54, 1.807) is 6.92 Å². The zero-order valence-corrected chi connectivity index (χ0v) is 17.5. The Bertz CT molecular complexity index is 556. The van der Waals surface area contributed by atoms with Crippen molar-refractivity contribution in [1.29, 1.82) is 0 Å². The Morgan fingerprint density at radius 2 is 1.72 bits per heavy atom. The van der Waals surface area contributed by atoms with Crippen molar-refractivity contribution in [2.24, 2.45) is 0 Å². The molecule has 1 aliphatic rings. The van der Waals surface area contributed by atoms with Gasteiger partial charge in [-0.25, -0.2) is 0 Å². The highest BCUT2D eigenvalue weighted by Gasteiger charge is 2.44. The minimum atomic E-state index is -0.327. The third-order valence-corrected chi connectivity index (χ3v) is 5.16. The third-order valence-electron chi connectivity index (χ3n) is 4.78. The number of carbonyl (C=O) groups is 1. The number of esters is 1. The van der Waals surface area contributed by atoms with E-state index in [1.807, 2.05) is 30.3 Å². The van der Waals surface area contributed by atoms with Gasteiger partial charge in [-0.2, -0.15) is 5.06 Å². The van der Waals surface area contributed by atoms with E-state index in [-0.39, 0.29) is 34.6 Å². The van der Waals surface area contributed by atoms with Crippen LogP contribution in [0, 0.1) is 0 Å². The summed E-state index contributed by atoms with van der Waals surface area (Å²) in [6, 6.07) is 9.96. The number of hydrogen-bond acceptors (Lipinski definition) is 4. The van der Waals surface area contributed by atoms with Crippen LogP contribution in [-0.4, -0.2) is 33.5 Å². The number of alkyl halides is 1. The lowest BCUT2D eigenvalue weighted by molar-refractivity contribution is -0.311. The lowest BCUT2D eigenvalue weighted by Gasteiger charge is -2.52. The van der Waals surface area contributed by atoms with Crippen LogP contribution in [0.25, 0.3) is 0 Å². The summed E-state index contributed by atoms with van der Waals surface area (Å²) in [6.45, 7) is 10.8. The summed E-state index contributed by atoms with van der Waals surface area (Å²) in [6.07, 6.45) is 3.02. The molecule has 1 aromatic rings. The third kappa shape index (κ3) is 5.28. The Labute approximate surface area is 160 Å². The van der Waals surface area contributed by atoms with Gasteiger partial charge >= 0.3 is 5.97 Å². The molecule has 0 aliphatic carbocycles. The second-order valence-electron chi connectivity index (χ2n) is 8.02. The van der Waals surface area contributed by atoms with Crippen molar-refractivity contribution in [3.63, 3.8) is 0 Å². The summed E-state index contributed by atoms with van der Waals surface area (Å²) in [5.41, 5.74) is 0.873. The number of benzene rings is 1. The number of halogens is 1. The van der Waals surface area contributed by atoms with Gasteiger partial charge in [0.25, 0.3) is 0 Å². The standard InChI is InChI=1S/C20H30BrNO3/c1-15(21)18(23)24-14-17(16-10-7-6-8-11-16)25-22-19(2,3)12-9-13-20(22,4)5/h6-8,10-11,15,17H,9,12-14H2,1-5H3. The zero-order chi connectivity index (χ0) is 18.7. The van der Waals surface area contributed by atoms with E-state index in [0.717, 1.165) is 18.4 Å². The minimum absolute atomic E-state index is 0.0680. The summed E-state index contributed by atoms with van der Waals surface area (Å²) in [5, 5.41) is 2.12. The lowest BCUT2D eigenvalue weighted by Crippen LogP contribution is -2.58. The molecule has 2 atom stereocenters. The highest BCUT2D eigenvalue weighted by atomic mass is 79.9. The summed E-state index contributed by atoms with van der Waals surface area (Å²) < 4.78 is 5.46. The Morgan fingerprint density at radius 3 is 2.24 bits per heavy atom. The molecule has 0 saturated carbocycles. The van der Waals surface area contributed by atoms with Gasteiger partial charge in [0.1, 0.15) is 17.5 Å². The van der Waals surface area contributed by atoms with Gasteiger partial charge in [-0.3, -0.25) is 9.63 Å². The number of hydrogen-bond donors (Lipinski definition) is 0. The second-order valence-corrected chi connectivity index (χ2v) is 9.40. The van der Waals surface area contributed by atoms with Crippen LogP contribution in [0.5, 0.6) is 0 Å². The maximum atomic E-state index is 11.9. The molecule has 1 aliphatic heterocycles. The quantitative estimate of drug-likeness (QED) is 0.485. The molecule has 140 valence electrons. The van der Waals surface area contributed by atoms with Gasteiger partial charge in [0, 0.05) is 11.1 Å². The second kappa shape index (κ2) is 8.19. The average molecular weight is 412 g/mol. The molecule has 1 fully saturated rings. The molecule has 0 amide bonds. The first-order chi connectivity index (χ1) is 11.6. The molecule has 0 N–H and O–H groups in total. The normalized spacial score (nSPS) is 22.2. The molecule has 0 bridgehead atoms. The topological polar surface area (TPSA) is 38.8 Å². The van der Waals surface area contributed by atoms with E-state index in [1.165, 1.54) is 6.42 Å². The van der Waals surface area contributed by atoms with E-state index in [9.17, 15) is 4.79 Å². The Kier molecular flexibility index (Phi) is 6.68. The van der Waals surface area contributed by atoms with E-state index in [2.05, 4.69) is 48.7 Å². The Morgan fingerprint density at radius 1 is 1.16 bits per heavy atom. The first kappa shape index (κ1) is 20.4. The molecule has 1 heterocycles.